The van der Waals surface area contributed by atoms with Crippen LogP contribution in [0, 0.1) is 0 Å². The molecule has 2 aromatic rings. The summed E-state index contributed by atoms with van der Waals surface area (Å²) in [6.07, 6.45) is 1.74. The first kappa shape index (κ1) is 15.1. The fraction of sp³-hybridized carbons (Fsp3) is 0.286. The lowest BCUT2D eigenvalue weighted by atomic mass is 10.2. The summed E-state index contributed by atoms with van der Waals surface area (Å²) in [5.41, 5.74) is 7.35. The summed E-state index contributed by atoms with van der Waals surface area (Å²) in [6, 6.07) is 7.06. The number of halogens is 1. The molecule has 106 valence electrons. The minimum Gasteiger partial charge on any atom is -0.326 e. The van der Waals surface area contributed by atoms with Gasteiger partial charge >= 0.3 is 0 Å². The van der Waals surface area contributed by atoms with Crippen LogP contribution in [-0.2, 0) is 13.0 Å². The number of benzene rings is 1. The zero-order valence-electron chi connectivity index (χ0n) is 11.1. The SMILES string of the molecule is CCCc1cc(=O)[nH]c(Sc2cc(Cl)ccc2CN)n1. The fourth-order valence-corrected chi connectivity index (χ4v) is 3.04. The largest absolute Gasteiger partial charge is 0.326 e. The Hall–Kier alpha value is -1.30. The van der Waals surface area contributed by atoms with Gasteiger partial charge < -0.3 is 10.7 Å². The Balaban J connectivity index is 2.34. The molecule has 0 atom stereocenters. The molecule has 0 saturated heterocycles. The number of aromatic nitrogens is 2. The van der Waals surface area contributed by atoms with Gasteiger partial charge in [-0.05, 0) is 24.1 Å². The van der Waals surface area contributed by atoms with Crippen LogP contribution in [0.4, 0.5) is 0 Å². The molecule has 1 heterocycles. The second-order valence-electron chi connectivity index (χ2n) is 4.35. The van der Waals surface area contributed by atoms with E-state index in [0.717, 1.165) is 29.0 Å². The van der Waals surface area contributed by atoms with Gasteiger partial charge in [0.15, 0.2) is 5.16 Å². The van der Waals surface area contributed by atoms with Crippen LogP contribution in [0.15, 0.2) is 39.1 Å². The van der Waals surface area contributed by atoms with E-state index in [2.05, 4.69) is 16.9 Å². The van der Waals surface area contributed by atoms with Crippen molar-refractivity contribution in [3.63, 3.8) is 0 Å². The van der Waals surface area contributed by atoms with Gasteiger partial charge in [0, 0.05) is 28.2 Å². The summed E-state index contributed by atoms with van der Waals surface area (Å²) in [7, 11) is 0. The van der Waals surface area contributed by atoms with Crippen molar-refractivity contribution in [2.24, 2.45) is 5.73 Å². The first-order valence-electron chi connectivity index (χ1n) is 6.39. The highest BCUT2D eigenvalue weighted by atomic mass is 35.5. The second-order valence-corrected chi connectivity index (χ2v) is 5.82. The average molecular weight is 310 g/mol. The highest BCUT2D eigenvalue weighted by Crippen LogP contribution is 2.30. The van der Waals surface area contributed by atoms with Crippen molar-refractivity contribution in [1.29, 1.82) is 0 Å². The molecule has 3 N–H and O–H groups in total. The first-order valence-corrected chi connectivity index (χ1v) is 7.58. The molecule has 20 heavy (non-hydrogen) atoms. The van der Waals surface area contributed by atoms with Crippen molar-refractivity contribution >= 4 is 23.4 Å². The Morgan fingerprint density at radius 3 is 2.90 bits per heavy atom. The number of aromatic amines is 1. The van der Waals surface area contributed by atoms with Gasteiger partial charge in [-0.2, -0.15) is 0 Å². The zero-order valence-corrected chi connectivity index (χ0v) is 12.7. The van der Waals surface area contributed by atoms with E-state index in [4.69, 9.17) is 17.3 Å². The van der Waals surface area contributed by atoms with E-state index in [1.54, 1.807) is 6.07 Å². The van der Waals surface area contributed by atoms with Gasteiger partial charge in [-0.3, -0.25) is 4.79 Å². The van der Waals surface area contributed by atoms with Crippen LogP contribution in [0.1, 0.15) is 24.6 Å². The lowest BCUT2D eigenvalue weighted by Crippen LogP contribution is -2.10. The highest BCUT2D eigenvalue weighted by Gasteiger charge is 2.08. The molecule has 6 heteroatoms. The van der Waals surface area contributed by atoms with E-state index in [1.807, 2.05) is 12.1 Å². The van der Waals surface area contributed by atoms with E-state index in [9.17, 15) is 4.79 Å². The van der Waals surface area contributed by atoms with Crippen molar-refractivity contribution < 1.29 is 0 Å². The number of nitrogens with zero attached hydrogens (tertiary/aromatic N) is 1. The molecule has 0 aliphatic rings. The molecule has 1 aromatic carbocycles. The predicted molar refractivity (Wildman–Crippen MR) is 82.3 cm³/mol. The summed E-state index contributed by atoms with van der Waals surface area (Å²) < 4.78 is 0. The maximum absolute atomic E-state index is 11.6. The molecule has 2 rings (SSSR count). The van der Waals surface area contributed by atoms with Crippen molar-refractivity contribution in [1.82, 2.24) is 9.97 Å². The predicted octanol–water partition coefficient (Wildman–Crippen LogP) is 2.99. The number of rotatable bonds is 5. The van der Waals surface area contributed by atoms with E-state index in [1.165, 1.54) is 17.8 Å². The van der Waals surface area contributed by atoms with Crippen molar-refractivity contribution in [3.05, 3.63) is 50.9 Å². The Morgan fingerprint density at radius 2 is 2.20 bits per heavy atom. The number of H-pyrrole nitrogens is 1. The number of nitrogens with one attached hydrogen (secondary N) is 1. The number of nitrogens with two attached hydrogens (primary N) is 1. The third-order valence-corrected chi connectivity index (χ3v) is 3.96. The Bertz CT molecular complexity index is 657. The van der Waals surface area contributed by atoms with Gasteiger partial charge in [0.2, 0.25) is 0 Å². The molecule has 0 spiro atoms. The fourth-order valence-electron chi connectivity index (χ4n) is 1.81. The van der Waals surface area contributed by atoms with Crippen molar-refractivity contribution in [2.75, 3.05) is 0 Å². The van der Waals surface area contributed by atoms with Gasteiger partial charge in [0.1, 0.15) is 0 Å². The van der Waals surface area contributed by atoms with Crippen LogP contribution in [0.3, 0.4) is 0 Å². The molecule has 0 bridgehead atoms. The first-order chi connectivity index (χ1) is 9.62. The molecule has 0 saturated carbocycles. The van der Waals surface area contributed by atoms with Gasteiger partial charge in [0.25, 0.3) is 5.56 Å². The molecule has 1 aromatic heterocycles. The van der Waals surface area contributed by atoms with Crippen LogP contribution in [0.2, 0.25) is 5.02 Å². The topological polar surface area (TPSA) is 71.8 Å². The van der Waals surface area contributed by atoms with Crippen LogP contribution in [0.5, 0.6) is 0 Å². The smallest absolute Gasteiger partial charge is 0.251 e. The van der Waals surface area contributed by atoms with Gasteiger partial charge in [0.05, 0.1) is 0 Å². The third-order valence-electron chi connectivity index (χ3n) is 2.73. The minimum absolute atomic E-state index is 0.137. The monoisotopic (exact) mass is 309 g/mol. The van der Waals surface area contributed by atoms with Crippen LogP contribution >= 0.6 is 23.4 Å². The van der Waals surface area contributed by atoms with Crippen LogP contribution in [0.25, 0.3) is 0 Å². The molecule has 0 unspecified atom stereocenters. The van der Waals surface area contributed by atoms with Crippen LogP contribution in [-0.4, -0.2) is 9.97 Å². The number of hydrogen-bond donors (Lipinski definition) is 2. The zero-order chi connectivity index (χ0) is 14.5. The molecule has 0 amide bonds. The van der Waals surface area contributed by atoms with E-state index < -0.39 is 0 Å². The third kappa shape index (κ3) is 3.85. The highest BCUT2D eigenvalue weighted by molar-refractivity contribution is 7.99. The average Bonchev–Trinajstić information content (AvgIpc) is 2.38. The Labute approximate surface area is 126 Å². The summed E-state index contributed by atoms with van der Waals surface area (Å²) in [5, 5.41) is 1.20. The van der Waals surface area contributed by atoms with Crippen LogP contribution < -0.4 is 11.3 Å². The summed E-state index contributed by atoms with van der Waals surface area (Å²) >= 11 is 7.38. The van der Waals surface area contributed by atoms with E-state index >= 15 is 0 Å². The summed E-state index contributed by atoms with van der Waals surface area (Å²) in [6.45, 7) is 2.47. The van der Waals surface area contributed by atoms with Gasteiger partial charge in [-0.1, -0.05) is 42.8 Å². The normalized spacial score (nSPS) is 10.8. The van der Waals surface area contributed by atoms with E-state index in [-0.39, 0.29) is 5.56 Å². The maximum atomic E-state index is 11.6. The minimum atomic E-state index is -0.137. The molecule has 0 radical (unpaired) electrons. The van der Waals surface area contributed by atoms with Gasteiger partial charge in [-0.15, -0.1) is 0 Å². The molecule has 0 aliphatic carbocycles. The summed E-state index contributed by atoms with van der Waals surface area (Å²) in [4.78, 5) is 19.7. The van der Waals surface area contributed by atoms with E-state index in [0.29, 0.717) is 16.7 Å². The molecular formula is C14H16ClN3OS. The quantitative estimate of drug-likeness (QED) is 0.833. The van der Waals surface area contributed by atoms with Crippen molar-refractivity contribution in [2.45, 2.75) is 36.4 Å². The second kappa shape index (κ2) is 6.92. The molecular weight excluding hydrogens is 294 g/mol. The molecule has 0 fully saturated rings. The molecule has 0 aliphatic heterocycles. The maximum Gasteiger partial charge on any atom is 0.251 e. The Morgan fingerprint density at radius 1 is 1.40 bits per heavy atom. The van der Waals surface area contributed by atoms with Gasteiger partial charge in [-0.25, -0.2) is 4.98 Å². The Kier molecular flexibility index (Phi) is 5.23. The standard InChI is InChI=1S/C14H16ClN3OS/c1-2-3-11-7-13(19)18-14(17-11)20-12-6-10(15)5-4-9(12)8-16/h4-7H,2-3,8,16H2,1H3,(H,17,18,19). The molecule has 4 nitrogen and oxygen atoms in total. The number of hydrogen-bond acceptors (Lipinski definition) is 4. The lowest BCUT2D eigenvalue weighted by Gasteiger charge is -2.08. The number of aryl methyl sites for hydroxylation is 1. The van der Waals surface area contributed by atoms with Crippen molar-refractivity contribution in [3.8, 4) is 0 Å². The summed E-state index contributed by atoms with van der Waals surface area (Å²) in [5.74, 6) is 0. The lowest BCUT2D eigenvalue weighted by molar-refractivity contribution is 0.815.